The highest BCUT2D eigenvalue weighted by molar-refractivity contribution is 5.66. The van der Waals surface area contributed by atoms with Gasteiger partial charge in [0.2, 0.25) is 0 Å². The fraction of sp³-hybridized carbons (Fsp3) is 0.214. The Kier molecular flexibility index (Phi) is 3.40. The number of hydrogen-bond acceptors (Lipinski definition) is 3. The molecule has 1 aromatic heterocycles. The Morgan fingerprint density at radius 3 is 2.71 bits per heavy atom. The second-order valence-electron chi connectivity index (χ2n) is 4.01. The van der Waals surface area contributed by atoms with E-state index >= 15 is 0 Å². The molecule has 3 heteroatoms. The van der Waals surface area contributed by atoms with Crippen molar-refractivity contribution in [3.8, 4) is 11.1 Å². The van der Waals surface area contributed by atoms with Crippen LogP contribution in [0.15, 0.2) is 42.7 Å². The summed E-state index contributed by atoms with van der Waals surface area (Å²) in [5.74, 6) is 0. The maximum atomic E-state index is 5.73. The Morgan fingerprint density at radius 2 is 2.00 bits per heavy atom. The lowest BCUT2D eigenvalue weighted by molar-refractivity contribution is 0.119. The van der Waals surface area contributed by atoms with Crippen LogP contribution in [0.25, 0.3) is 11.1 Å². The largest absolute Gasteiger partial charge is 0.397 e. The molecular formula is C14H16N2O. The van der Waals surface area contributed by atoms with Crippen LogP contribution in [0.5, 0.6) is 0 Å². The van der Waals surface area contributed by atoms with E-state index < -0.39 is 0 Å². The minimum Gasteiger partial charge on any atom is -0.397 e. The van der Waals surface area contributed by atoms with Gasteiger partial charge in [0.05, 0.1) is 11.8 Å². The second kappa shape index (κ2) is 4.97. The zero-order chi connectivity index (χ0) is 12.3. The highest BCUT2D eigenvalue weighted by atomic mass is 16.5. The molecule has 0 amide bonds. The minimum absolute atomic E-state index is 0.0870. The number of rotatable bonds is 3. The first-order chi connectivity index (χ1) is 8.20. The Morgan fingerprint density at radius 1 is 1.18 bits per heavy atom. The average Bonchev–Trinajstić information content (AvgIpc) is 2.38. The van der Waals surface area contributed by atoms with Crippen molar-refractivity contribution in [1.29, 1.82) is 0 Å². The number of nitrogens with two attached hydrogens (primary N) is 1. The molecule has 0 bridgehead atoms. The molecule has 17 heavy (non-hydrogen) atoms. The number of nitrogens with zero attached hydrogens (tertiary/aromatic N) is 1. The lowest BCUT2D eigenvalue weighted by atomic mass is 10.0. The molecule has 0 aliphatic rings. The fourth-order valence-electron chi connectivity index (χ4n) is 1.72. The second-order valence-corrected chi connectivity index (χ2v) is 4.01. The highest BCUT2D eigenvalue weighted by Crippen LogP contribution is 2.24. The monoisotopic (exact) mass is 228 g/mol. The lowest BCUT2D eigenvalue weighted by Crippen LogP contribution is -1.96. The molecular weight excluding hydrogens is 212 g/mol. The van der Waals surface area contributed by atoms with Gasteiger partial charge in [-0.3, -0.25) is 4.98 Å². The average molecular weight is 228 g/mol. The number of benzene rings is 1. The molecule has 1 heterocycles. The molecule has 2 rings (SSSR count). The van der Waals surface area contributed by atoms with Crippen molar-refractivity contribution in [2.75, 3.05) is 12.8 Å². The van der Waals surface area contributed by atoms with E-state index in [0.717, 1.165) is 16.7 Å². The van der Waals surface area contributed by atoms with E-state index in [2.05, 4.69) is 17.1 Å². The van der Waals surface area contributed by atoms with E-state index in [1.807, 2.05) is 31.3 Å². The van der Waals surface area contributed by atoms with Crippen molar-refractivity contribution in [2.45, 2.75) is 13.0 Å². The summed E-state index contributed by atoms with van der Waals surface area (Å²) in [6, 6.07) is 10.1. The molecule has 0 saturated heterocycles. The van der Waals surface area contributed by atoms with E-state index in [1.54, 1.807) is 13.3 Å². The van der Waals surface area contributed by atoms with Gasteiger partial charge < -0.3 is 10.5 Å². The van der Waals surface area contributed by atoms with Gasteiger partial charge >= 0.3 is 0 Å². The summed E-state index contributed by atoms with van der Waals surface area (Å²) >= 11 is 0. The molecule has 2 N–H and O–H groups in total. The Hall–Kier alpha value is -1.87. The first-order valence-electron chi connectivity index (χ1n) is 5.54. The first kappa shape index (κ1) is 11.6. The van der Waals surface area contributed by atoms with Crippen LogP contribution in [0, 0.1) is 0 Å². The molecule has 0 aliphatic heterocycles. The SMILES string of the molecule is COC(C)c1cccc(-c2cncc(N)c2)c1. The van der Waals surface area contributed by atoms with Crippen molar-refractivity contribution in [2.24, 2.45) is 0 Å². The smallest absolute Gasteiger partial charge is 0.0793 e. The Bertz CT molecular complexity index is 511. The number of methoxy groups -OCH3 is 1. The van der Waals surface area contributed by atoms with Crippen LogP contribution < -0.4 is 5.73 Å². The van der Waals surface area contributed by atoms with Gasteiger partial charge in [0, 0.05) is 25.1 Å². The Balaban J connectivity index is 2.39. The van der Waals surface area contributed by atoms with Gasteiger partial charge in [0.15, 0.2) is 0 Å². The standard InChI is InChI=1S/C14H16N2O/c1-10(17-2)11-4-3-5-12(6-11)13-7-14(15)9-16-8-13/h3-10H,15H2,1-2H3. The fourth-order valence-corrected chi connectivity index (χ4v) is 1.72. The number of nitrogen functional groups attached to an aromatic ring is 1. The van der Waals surface area contributed by atoms with Gasteiger partial charge in [-0.15, -0.1) is 0 Å². The molecule has 3 nitrogen and oxygen atoms in total. The highest BCUT2D eigenvalue weighted by Gasteiger charge is 2.05. The topological polar surface area (TPSA) is 48.1 Å². The van der Waals surface area contributed by atoms with Gasteiger partial charge in [-0.2, -0.15) is 0 Å². The molecule has 0 spiro atoms. The normalized spacial score (nSPS) is 12.4. The molecule has 1 unspecified atom stereocenters. The maximum absolute atomic E-state index is 5.73. The minimum atomic E-state index is 0.0870. The molecule has 1 aromatic carbocycles. The lowest BCUT2D eigenvalue weighted by Gasteiger charge is -2.11. The summed E-state index contributed by atoms with van der Waals surface area (Å²) in [6.07, 6.45) is 3.54. The van der Waals surface area contributed by atoms with E-state index in [4.69, 9.17) is 10.5 Å². The van der Waals surface area contributed by atoms with Crippen LogP contribution in [-0.4, -0.2) is 12.1 Å². The third-order valence-electron chi connectivity index (χ3n) is 2.80. The van der Waals surface area contributed by atoms with Crippen molar-refractivity contribution in [3.05, 3.63) is 48.3 Å². The van der Waals surface area contributed by atoms with Crippen molar-refractivity contribution in [1.82, 2.24) is 4.98 Å². The van der Waals surface area contributed by atoms with Crippen LogP contribution in [0.4, 0.5) is 5.69 Å². The molecule has 1 atom stereocenters. The van der Waals surface area contributed by atoms with Gasteiger partial charge in [0.25, 0.3) is 0 Å². The van der Waals surface area contributed by atoms with E-state index in [-0.39, 0.29) is 6.10 Å². The quantitative estimate of drug-likeness (QED) is 0.878. The summed E-state index contributed by atoms with van der Waals surface area (Å²) in [7, 11) is 1.71. The van der Waals surface area contributed by atoms with Gasteiger partial charge in [-0.1, -0.05) is 18.2 Å². The van der Waals surface area contributed by atoms with E-state index in [9.17, 15) is 0 Å². The summed E-state index contributed by atoms with van der Waals surface area (Å²) in [4.78, 5) is 4.10. The van der Waals surface area contributed by atoms with Gasteiger partial charge in [-0.05, 0) is 30.2 Å². The molecule has 0 radical (unpaired) electrons. The summed E-state index contributed by atoms with van der Waals surface area (Å²) in [6.45, 7) is 2.02. The van der Waals surface area contributed by atoms with Crippen molar-refractivity contribution in [3.63, 3.8) is 0 Å². The number of pyridine rings is 1. The van der Waals surface area contributed by atoms with Crippen LogP contribution in [0.2, 0.25) is 0 Å². The predicted molar refractivity (Wildman–Crippen MR) is 69.5 cm³/mol. The van der Waals surface area contributed by atoms with Crippen molar-refractivity contribution < 1.29 is 4.74 Å². The molecule has 88 valence electrons. The molecule has 0 saturated carbocycles. The van der Waals surface area contributed by atoms with E-state index in [1.165, 1.54) is 0 Å². The van der Waals surface area contributed by atoms with Crippen LogP contribution in [0.3, 0.4) is 0 Å². The number of hydrogen-bond donors (Lipinski definition) is 1. The van der Waals surface area contributed by atoms with Crippen LogP contribution >= 0.6 is 0 Å². The summed E-state index contributed by atoms with van der Waals surface area (Å²) in [5, 5.41) is 0. The summed E-state index contributed by atoms with van der Waals surface area (Å²) < 4.78 is 5.31. The number of anilines is 1. The molecule has 0 fully saturated rings. The molecule has 0 aliphatic carbocycles. The van der Waals surface area contributed by atoms with E-state index in [0.29, 0.717) is 5.69 Å². The van der Waals surface area contributed by atoms with Crippen LogP contribution in [0.1, 0.15) is 18.6 Å². The third-order valence-corrected chi connectivity index (χ3v) is 2.80. The van der Waals surface area contributed by atoms with Gasteiger partial charge in [-0.25, -0.2) is 0 Å². The summed E-state index contributed by atoms with van der Waals surface area (Å²) in [5.41, 5.74) is 9.68. The number of aromatic nitrogens is 1. The Labute approximate surface area is 101 Å². The number of ether oxygens (including phenoxy) is 1. The van der Waals surface area contributed by atoms with Gasteiger partial charge in [0.1, 0.15) is 0 Å². The van der Waals surface area contributed by atoms with Crippen molar-refractivity contribution >= 4 is 5.69 Å². The van der Waals surface area contributed by atoms with Crippen LogP contribution in [-0.2, 0) is 4.74 Å². The molecule has 2 aromatic rings. The predicted octanol–water partition coefficient (Wildman–Crippen LogP) is 3.04. The third kappa shape index (κ3) is 2.63. The zero-order valence-electron chi connectivity index (χ0n) is 10.1. The maximum Gasteiger partial charge on any atom is 0.0793 e. The zero-order valence-corrected chi connectivity index (χ0v) is 10.1. The first-order valence-corrected chi connectivity index (χ1v) is 5.54.